The van der Waals surface area contributed by atoms with Crippen LogP contribution in [0.3, 0.4) is 0 Å². The summed E-state index contributed by atoms with van der Waals surface area (Å²) >= 11 is 0. The maximum Gasteiger partial charge on any atom is 0.248 e. The fourth-order valence-corrected chi connectivity index (χ4v) is 1.61. The minimum absolute atomic E-state index is 0.193. The maximum atomic E-state index is 11.3. The van der Waals surface area contributed by atoms with Gasteiger partial charge < -0.3 is 9.72 Å². The molecule has 0 aliphatic rings. The summed E-state index contributed by atoms with van der Waals surface area (Å²) in [5.41, 5.74) is 1.65. The summed E-state index contributed by atoms with van der Waals surface area (Å²) in [5.74, 6) is 0.609. The molecule has 0 saturated heterocycles. The molecule has 1 N–H and O–H groups in total. The molecule has 4 nitrogen and oxygen atoms in total. The van der Waals surface area contributed by atoms with Crippen molar-refractivity contribution in [2.24, 2.45) is 0 Å². The molecule has 2 aromatic rings. The minimum Gasteiger partial charge on any atom is -0.496 e. The van der Waals surface area contributed by atoms with Crippen molar-refractivity contribution in [3.05, 3.63) is 52.3 Å². The zero-order valence-corrected chi connectivity index (χ0v) is 9.27. The minimum atomic E-state index is -0.193. The topological polar surface area (TPSA) is 59.2 Å². The number of hydrogen-bond donors (Lipinski definition) is 1. The van der Waals surface area contributed by atoms with Gasteiger partial charge >= 0.3 is 0 Å². The van der Waals surface area contributed by atoms with E-state index in [1.807, 2.05) is 0 Å². The van der Waals surface area contributed by atoms with Gasteiger partial charge in [-0.05, 0) is 24.3 Å². The highest BCUT2D eigenvalue weighted by Crippen LogP contribution is 2.28. The number of carbonyl (C=O) groups excluding carboxylic acids is 1. The van der Waals surface area contributed by atoms with Gasteiger partial charge in [0.05, 0.1) is 12.8 Å². The smallest absolute Gasteiger partial charge is 0.248 e. The third kappa shape index (κ3) is 2.25. The van der Waals surface area contributed by atoms with Crippen molar-refractivity contribution in [1.29, 1.82) is 0 Å². The summed E-state index contributed by atoms with van der Waals surface area (Å²) in [5, 5.41) is 0. The van der Waals surface area contributed by atoms with Crippen LogP contribution < -0.4 is 10.3 Å². The Morgan fingerprint density at radius 1 is 1.24 bits per heavy atom. The molecule has 1 aromatic carbocycles. The number of rotatable bonds is 3. The first-order valence-corrected chi connectivity index (χ1v) is 5.07. The van der Waals surface area contributed by atoms with Crippen LogP contribution in [-0.2, 0) is 0 Å². The molecule has 0 unspecified atom stereocenters. The summed E-state index contributed by atoms with van der Waals surface area (Å²) in [6, 6.07) is 9.88. The van der Waals surface area contributed by atoms with Gasteiger partial charge in [0, 0.05) is 17.2 Å². The molecule has 0 radical (unpaired) electrons. The van der Waals surface area contributed by atoms with Gasteiger partial charge in [-0.3, -0.25) is 9.59 Å². The fraction of sp³-hybridized carbons (Fsp3) is 0.0769. The number of ether oxygens (including phenoxy) is 1. The van der Waals surface area contributed by atoms with Crippen molar-refractivity contribution in [3.63, 3.8) is 0 Å². The lowest BCUT2D eigenvalue weighted by molar-refractivity contribution is 0.112. The van der Waals surface area contributed by atoms with Crippen LogP contribution in [0, 0.1) is 0 Å². The van der Waals surface area contributed by atoms with Crippen LogP contribution in [0.4, 0.5) is 0 Å². The predicted molar refractivity (Wildman–Crippen MR) is 64.4 cm³/mol. The molecule has 2 rings (SSSR count). The van der Waals surface area contributed by atoms with E-state index >= 15 is 0 Å². The number of aldehydes is 1. The van der Waals surface area contributed by atoms with Crippen molar-refractivity contribution in [3.8, 4) is 17.0 Å². The molecule has 0 amide bonds. The Morgan fingerprint density at radius 2 is 2.06 bits per heavy atom. The molecule has 4 heteroatoms. The van der Waals surface area contributed by atoms with Crippen LogP contribution in [0.15, 0.2) is 41.2 Å². The molecule has 0 fully saturated rings. The number of nitrogens with one attached hydrogen (secondary N) is 1. The first kappa shape index (κ1) is 11.1. The third-order valence-corrected chi connectivity index (χ3v) is 2.42. The highest BCUT2D eigenvalue weighted by molar-refractivity contribution is 5.80. The number of carbonyl (C=O) groups is 1. The summed E-state index contributed by atoms with van der Waals surface area (Å²) in [6.07, 6.45) is 0.754. The standard InChI is InChI=1S/C13H11NO3/c1-17-12-6-5-9(8-15)7-10(12)11-3-2-4-13(16)14-11/h2-8H,1H3,(H,14,16). The van der Waals surface area contributed by atoms with Gasteiger partial charge in [-0.1, -0.05) is 6.07 Å². The highest BCUT2D eigenvalue weighted by atomic mass is 16.5. The molecular weight excluding hydrogens is 218 g/mol. The summed E-state index contributed by atoms with van der Waals surface area (Å²) in [6.45, 7) is 0. The quantitative estimate of drug-likeness (QED) is 0.817. The lowest BCUT2D eigenvalue weighted by Crippen LogP contribution is -2.04. The molecule has 0 saturated carbocycles. The van der Waals surface area contributed by atoms with E-state index in [1.54, 1.807) is 37.4 Å². The van der Waals surface area contributed by atoms with Crippen LogP contribution in [0.25, 0.3) is 11.3 Å². The number of hydrogen-bond acceptors (Lipinski definition) is 3. The summed E-state index contributed by atoms with van der Waals surface area (Å²) in [7, 11) is 1.54. The Bertz CT molecular complexity index is 602. The second-order valence-electron chi connectivity index (χ2n) is 3.51. The van der Waals surface area contributed by atoms with Crippen LogP contribution in [0.2, 0.25) is 0 Å². The molecular formula is C13H11NO3. The number of H-pyrrole nitrogens is 1. The monoisotopic (exact) mass is 229 g/mol. The van der Waals surface area contributed by atoms with E-state index in [0.717, 1.165) is 6.29 Å². The van der Waals surface area contributed by atoms with E-state index < -0.39 is 0 Å². The SMILES string of the molecule is COc1ccc(C=O)cc1-c1cccc(=O)[nH]1. The van der Waals surface area contributed by atoms with Crippen molar-refractivity contribution in [2.75, 3.05) is 7.11 Å². The zero-order chi connectivity index (χ0) is 12.3. The van der Waals surface area contributed by atoms with Crippen LogP contribution in [0.1, 0.15) is 10.4 Å². The Labute approximate surface area is 97.9 Å². The third-order valence-electron chi connectivity index (χ3n) is 2.42. The highest BCUT2D eigenvalue weighted by Gasteiger charge is 2.07. The van der Waals surface area contributed by atoms with Gasteiger partial charge in [0.25, 0.3) is 0 Å². The molecule has 0 aliphatic carbocycles. The number of pyridine rings is 1. The van der Waals surface area contributed by atoms with E-state index in [-0.39, 0.29) is 5.56 Å². The van der Waals surface area contributed by atoms with Gasteiger partial charge in [0.15, 0.2) is 0 Å². The molecule has 17 heavy (non-hydrogen) atoms. The average molecular weight is 229 g/mol. The number of methoxy groups -OCH3 is 1. The molecule has 1 aromatic heterocycles. The van der Waals surface area contributed by atoms with E-state index in [4.69, 9.17) is 4.74 Å². The van der Waals surface area contributed by atoms with E-state index in [1.165, 1.54) is 6.07 Å². The largest absolute Gasteiger partial charge is 0.496 e. The van der Waals surface area contributed by atoms with E-state index in [0.29, 0.717) is 22.6 Å². The van der Waals surface area contributed by atoms with Gasteiger partial charge in [-0.2, -0.15) is 0 Å². The van der Waals surface area contributed by atoms with E-state index in [2.05, 4.69) is 4.98 Å². The maximum absolute atomic E-state index is 11.3. The molecule has 1 heterocycles. The lowest BCUT2D eigenvalue weighted by atomic mass is 10.1. The van der Waals surface area contributed by atoms with Crippen molar-refractivity contribution >= 4 is 6.29 Å². The van der Waals surface area contributed by atoms with Gasteiger partial charge in [-0.25, -0.2) is 0 Å². The molecule has 0 spiro atoms. The van der Waals surface area contributed by atoms with Crippen LogP contribution >= 0.6 is 0 Å². The Balaban J connectivity index is 2.63. The Morgan fingerprint density at radius 3 is 2.71 bits per heavy atom. The average Bonchev–Trinajstić information content (AvgIpc) is 2.38. The predicted octanol–water partition coefficient (Wildman–Crippen LogP) is 1.86. The van der Waals surface area contributed by atoms with Crippen LogP contribution in [-0.4, -0.2) is 18.4 Å². The second kappa shape index (κ2) is 4.65. The molecule has 86 valence electrons. The molecule has 0 aliphatic heterocycles. The zero-order valence-electron chi connectivity index (χ0n) is 9.27. The number of aromatic nitrogens is 1. The Hall–Kier alpha value is -2.36. The molecule has 0 atom stereocenters. The Kier molecular flexibility index (Phi) is 3.05. The van der Waals surface area contributed by atoms with E-state index in [9.17, 15) is 9.59 Å². The second-order valence-corrected chi connectivity index (χ2v) is 3.51. The van der Waals surface area contributed by atoms with Gasteiger partial charge in [0.2, 0.25) is 5.56 Å². The van der Waals surface area contributed by atoms with Gasteiger partial charge in [-0.15, -0.1) is 0 Å². The van der Waals surface area contributed by atoms with Crippen molar-refractivity contribution < 1.29 is 9.53 Å². The number of benzene rings is 1. The fourth-order valence-electron chi connectivity index (χ4n) is 1.61. The molecule has 0 bridgehead atoms. The van der Waals surface area contributed by atoms with Crippen LogP contribution in [0.5, 0.6) is 5.75 Å². The first-order valence-electron chi connectivity index (χ1n) is 5.07. The summed E-state index contributed by atoms with van der Waals surface area (Å²) < 4.78 is 5.20. The normalized spacial score (nSPS) is 9.94. The van der Waals surface area contributed by atoms with Gasteiger partial charge in [0.1, 0.15) is 12.0 Å². The van der Waals surface area contributed by atoms with Crippen molar-refractivity contribution in [2.45, 2.75) is 0 Å². The first-order chi connectivity index (χ1) is 8.24. The summed E-state index contributed by atoms with van der Waals surface area (Å²) in [4.78, 5) is 24.7. The van der Waals surface area contributed by atoms with Crippen molar-refractivity contribution in [1.82, 2.24) is 4.98 Å². The number of aromatic amines is 1. The lowest BCUT2D eigenvalue weighted by Gasteiger charge is -2.08.